The first-order chi connectivity index (χ1) is 8.49. The van der Waals surface area contributed by atoms with Gasteiger partial charge in [0, 0.05) is 7.05 Å². The molecule has 0 radical (unpaired) electrons. The molecule has 18 heavy (non-hydrogen) atoms. The summed E-state index contributed by atoms with van der Waals surface area (Å²) in [4.78, 5) is 28.2. The van der Waals surface area contributed by atoms with Crippen molar-refractivity contribution >= 4 is 11.9 Å². The smallest absolute Gasteiger partial charge is 0.325 e. The fourth-order valence-electron chi connectivity index (χ4n) is 1.32. The number of amides is 1. The molecule has 1 heterocycles. The highest BCUT2D eigenvalue weighted by Gasteiger charge is 2.17. The van der Waals surface area contributed by atoms with E-state index in [-0.39, 0.29) is 12.2 Å². The first kappa shape index (κ1) is 13.6. The monoisotopic (exact) mass is 247 g/mol. The molecule has 0 spiro atoms. The van der Waals surface area contributed by atoms with Gasteiger partial charge in [0.05, 0.1) is 18.4 Å². The van der Waals surface area contributed by atoms with Gasteiger partial charge in [0.15, 0.2) is 0 Å². The molecular formula is C12H13N3O3. The molecule has 0 unspecified atom stereocenters. The van der Waals surface area contributed by atoms with Gasteiger partial charge in [0.1, 0.15) is 18.3 Å². The molecule has 0 saturated heterocycles. The summed E-state index contributed by atoms with van der Waals surface area (Å²) in [5, 5.41) is 8.76. The van der Waals surface area contributed by atoms with Gasteiger partial charge >= 0.3 is 5.97 Å². The van der Waals surface area contributed by atoms with Gasteiger partial charge in [-0.2, -0.15) is 5.26 Å². The average molecular weight is 247 g/mol. The number of nitrogens with zero attached hydrogens (tertiary/aromatic N) is 3. The van der Waals surface area contributed by atoms with E-state index in [1.165, 1.54) is 31.2 Å². The number of aromatic nitrogens is 1. The van der Waals surface area contributed by atoms with E-state index in [0.717, 1.165) is 0 Å². The van der Waals surface area contributed by atoms with Crippen molar-refractivity contribution in [3.63, 3.8) is 0 Å². The summed E-state index contributed by atoms with van der Waals surface area (Å²) in [6.07, 6.45) is 0. The molecule has 1 aromatic rings. The van der Waals surface area contributed by atoms with Crippen molar-refractivity contribution in [2.45, 2.75) is 6.92 Å². The minimum atomic E-state index is -0.504. The maximum Gasteiger partial charge on any atom is 0.325 e. The van der Waals surface area contributed by atoms with Crippen LogP contribution >= 0.6 is 0 Å². The van der Waals surface area contributed by atoms with E-state index in [2.05, 4.69) is 9.72 Å². The Kier molecular flexibility index (Phi) is 4.38. The van der Waals surface area contributed by atoms with E-state index in [4.69, 9.17) is 5.26 Å². The summed E-state index contributed by atoms with van der Waals surface area (Å²) in [7, 11) is 2.74. The van der Waals surface area contributed by atoms with Crippen LogP contribution in [0.3, 0.4) is 0 Å². The summed E-state index contributed by atoms with van der Waals surface area (Å²) in [6.45, 7) is 1.51. The van der Waals surface area contributed by atoms with Gasteiger partial charge < -0.3 is 9.64 Å². The molecule has 0 aliphatic heterocycles. The van der Waals surface area contributed by atoms with Gasteiger partial charge in [0.2, 0.25) is 0 Å². The Bertz CT molecular complexity index is 520. The minimum Gasteiger partial charge on any atom is -0.468 e. The standard InChI is InChI=1S/C12H13N3O3/c1-8-9(6-13)4-5-10(14-8)12(17)15(2)7-11(16)18-3/h4-5H,7H2,1-3H3. The van der Waals surface area contributed by atoms with Crippen LogP contribution in [0.4, 0.5) is 0 Å². The first-order valence-electron chi connectivity index (χ1n) is 5.19. The number of carbonyl (C=O) groups is 2. The molecule has 6 nitrogen and oxygen atoms in total. The molecule has 0 aromatic carbocycles. The van der Waals surface area contributed by atoms with Crippen molar-refractivity contribution in [2.75, 3.05) is 20.7 Å². The number of carbonyl (C=O) groups excluding carboxylic acids is 2. The number of pyridine rings is 1. The summed E-state index contributed by atoms with van der Waals surface area (Å²) in [6, 6.07) is 4.96. The number of esters is 1. The minimum absolute atomic E-state index is 0.143. The van der Waals surface area contributed by atoms with Gasteiger partial charge in [-0.15, -0.1) is 0 Å². The van der Waals surface area contributed by atoms with Crippen LogP contribution in [0.1, 0.15) is 21.7 Å². The van der Waals surface area contributed by atoms with E-state index >= 15 is 0 Å². The fourth-order valence-corrected chi connectivity index (χ4v) is 1.32. The van der Waals surface area contributed by atoms with Crippen molar-refractivity contribution in [1.82, 2.24) is 9.88 Å². The molecule has 0 saturated carbocycles. The van der Waals surface area contributed by atoms with Crippen LogP contribution in [0.5, 0.6) is 0 Å². The first-order valence-corrected chi connectivity index (χ1v) is 5.19. The van der Waals surface area contributed by atoms with Crippen molar-refractivity contribution in [3.8, 4) is 6.07 Å². The second kappa shape index (κ2) is 5.77. The molecule has 0 bridgehead atoms. The number of ether oxygens (including phenoxy) is 1. The Labute approximate surface area is 105 Å². The van der Waals surface area contributed by atoms with Crippen molar-refractivity contribution in [1.29, 1.82) is 5.26 Å². The third kappa shape index (κ3) is 3.04. The maximum absolute atomic E-state index is 11.9. The lowest BCUT2D eigenvalue weighted by molar-refractivity contribution is -0.141. The highest BCUT2D eigenvalue weighted by atomic mass is 16.5. The normalized spacial score (nSPS) is 9.44. The zero-order chi connectivity index (χ0) is 13.7. The summed E-state index contributed by atoms with van der Waals surface area (Å²) >= 11 is 0. The van der Waals surface area contributed by atoms with Crippen LogP contribution in [0, 0.1) is 18.3 Å². The largest absolute Gasteiger partial charge is 0.468 e. The zero-order valence-corrected chi connectivity index (χ0v) is 10.4. The van der Waals surface area contributed by atoms with Crippen molar-refractivity contribution in [3.05, 3.63) is 29.1 Å². The molecule has 1 amide bonds. The van der Waals surface area contributed by atoms with Crippen molar-refractivity contribution in [2.24, 2.45) is 0 Å². The molecule has 6 heteroatoms. The average Bonchev–Trinajstić information content (AvgIpc) is 2.37. The fraction of sp³-hybridized carbons (Fsp3) is 0.333. The second-order valence-corrected chi connectivity index (χ2v) is 3.68. The molecule has 0 aliphatic carbocycles. The van der Waals surface area contributed by atoms with Crippen LogP contribution < -0.4 is 0 Å². The molecule has 0 fully saturated rings. The Hall–Kier alpha value is -2.42. The lowest BCUT2D eigenvalue weighted by Gasteiger charge is -2.15. The van der Waals surface area contributed by atoms with Crippen molar-refractivity contribution < 1.29 is 14.3 Å². The van der Waals surface area contributed by atoms with Gasteiger partial charge in [-0.05, 0) is 19.1 Å². The van der Waals surface area contributed by atoms with Gasteiger partial charge in [-0.1, -0.05) is 0 Å². The number of methoxy groups -OCH3 is 1. The number of rotatable bonds is 3. The Balaban J connectivity index is 2.88. The van der Waals surface area contributed by atoms with Crippen LogP contribution in [0.15, 0.2) is 12.1 Å². The molecule has 0 aliphatic rings. The number of hydrogen-bond donors (Lipinski definition) is 0. The van der Waals surface area contributed by atoms with Crippen LogP contribution in [0.2, 0.25) is 0 Å². The highest BCUT2D eigenvalue weighted by molar-refractivity contribution is 5.94. The molecule has 0 atom stereocenters. The third-order valence-electron chi connectivity index (χ3n) is 2.37. The molecule has 1 aromatic heterocycles. The summed E-state index contributed by atoms with van der Waals surface area (Å²) in [5.74, 6) is -0.899. The van der Waals surface area contributed by atoms with Gasteiger partial charge in [-0.25, -0.2) is 4.98 Å². The molecule has 1 rings (SSSR count). The number of nitriles is 1. The van der Waals surface area contributed by atoms with Crippen LogP contribution in [0.25, 0.3) is 0 Å². The number of hydrogen-bond acceptors (Lipinski definition) is 5. The molecule has 94 valence electrons. The lowest BCUT2D eigenvalue weighted by Crippen LogP contribution is -2.33. The van der Waals surface area contributed by atoms with Gasteiger partial charge in [-0.3, -0.25) is 9.59 Å². The van der Waals surface area contributed by atoms with Crippen LogP contribution in [-0.2, 0) is 9.53 Å². The summed E-state index contributed by atoms with van der Waals surface area (Å²) < 4.78 is 4.47. The second-order valence-electron chi connectivity index (χ2n) is 3.68. The quantitative estimate of drug-likeness (QED) is 0.726. The Morgan fingerprint density at radius 2 is 2.17 bits per heavy atom. The maximum atomic E-state index is 11.9. The SMILES string of the molecule is COC(=O)CN(C)C(=O)c1ccc(C#N)c(C)n1. The number of likely N-dealkylation sites (N-methyl/N-ethyl adjacent to an activating group) is 1. The lowest BCUT2D eigenvalue weighted by atomic mass is 10.2. The number of aryl methyl sites for hydroxylation is 1. The molecular weight excluding hydrogens is 234 g/mol. The Morgan fingerprint density at radius 1 is 1.50 bits per heavy atom. The van der Waals surface area contributed by atoms with Gasteiger partial charge in [0.25, 0.3) is 5.91 Å². The van der Waals surface area contributed by atoms with E-state index in [1.54, 1.807) is 6.92 Å². The Morgan fingerprint density at radius 3 is 2.67 bits per heavy atom. The van der Waals surface area contributed by atoms with E-state index < -0.39 is 11.9 Å². The van der Waals surface area contributed by atoms with E-state index in [0.29, 0.717) is 11.3 Å². The van der Waals surface area contributed by atoms with E-state index in [1.807, 2.05) is 6.07 Å². The zero-order valence-electron chi connectivity index (χ0n) is 10.4. The van der Waals surface area contributed by atoms with Crippen LogP contribution in [-0.4, -0.2) is 42.5 Å². The third-order valence-corrected chi connectivity index (χ3v) is 2.37. The predicted octanol–water partition coefficient (Wildman–Crippen LogP) is 0.507. The summed E-state index contributed by atoms with van der Waals surface area (Å²) in [5.41, 5.74) is 1.09. The van der Waals surface area contributed by atoms with E-state index in [9.17, 15) is 9.59 Å². The topological polar surface area (TPSA) is 83.3 Å². The highest BCUT2D eigenvalue weighted by Crippen LogP contribution is 2.07. The molecule has 0 N–H and O–H groups in total. The predicted molar refractivity (Wildman–Crippen MR) is 62.7 cm³/mol.